The Kier molecular flexibility index (Phi) is 5.10. The molecule has 4 heteroatoms. The van der Waals surface area contributed by atoms with E-state index in [0.717, 1.165) is 5.56 Å². The molecule has 0 aliphatic carbocycles. The molecule has 1 aromatic heterocycles. The number of hydrogen-bond donors (Lipinski definition) is 1. The van der Waals surface area contributed by atoms with E-state index in [1.54, 1.807) is 12.3 Å². The number of amides is 1. The fraction of sp³-hybridized carbons (Fsp3) is 0.176. The Labute approximate surface area is 124 Å². The van der Waals surface area contributed by atoms with Crippen molar-refractivity contribution in [2.45, 2.75) is 13.0 Å². The molecule has 1 atom stereocenters. The predicted molar refractivity (Wildman–Crippen MR) is 82.2 cm³/mol. The molecule has 2 rings (SSSR count). The highest BCUT2D eigenvalue weighted by molar-refractivity contribution is 5.95. The average Bonchev–Trinajstić information content (AvgIpc) is 2.54. The molecule has 1 heterocycles. The fourth-order valence-corrected chi connectivity index (χ4v) is 1.91. The minimum atomic E-state index is -0.264. The number of pyridine rings is 1. The first-order valence-electron chi connectivity index (χ1n) is 6.73. The van der Waals surface area contributed by atoms with Gasteiger partial charge in [-0.05, 0) is 24.6 Å². The molecule has 1 amide bonds. The molecule has 0 radical (unpaired) electrons. The van der Waals surface area contributed by atoms with Gasteiger partial charge in [-0.15, -0.1) is 0 Å². The van der Waals surface area contributed by atoms with Crippen molar-refractivity contribution >= 4 is 12.0 Å². The second kappa shape index (κ2) is 7.24. The monoisotopic (exact) mass is 282 g/mol. The summed E-state index contributed by atoms with van der Waals surface area (Å²) < 4.78 is 5.16. The van der Waals surface area contributed by atoms with Crippen molar-refractivity contribution in [2.24, 2.45) is 0 Å². The van der Waals surface area contributed by atoms with E-state index < -0.39 is 0 Å². The first kappa shape index (κ1) is 14.8. The van der Waals surface area contributed by atoms with Crippen LogP contribution >= 0.6 is 0 Å². The lowest BCUT2D eigenvalue weighted by molar-refractivity contribution is -0.120. The third-order valence-corrected chi connectivity index (χ3v) is 3.06. The molecule has 0 saturated heterocycles. The lowest BCUT2D eigenvalue weighted by Crippen LogP contribution is -2.28. The van der Waals surface area contributed by atoms with Gasteiger partial charge in [0.2, 0.25) is 0 Å². The zero-order chi connectivity index (χ0) is 15.1. The lowest BCUT2D eigenvalue weighted by Gasteiger charge is -2.15. The minimum Gasteiger partial charge on any atom is -0.491 e. The first-order chi connectivity index (χ1) is 10.2. The van der Waals surface area contributed by atoms with Crippen LogP contribution < -0.4 is 5.32 Å². The lowest BCUT2D eigenvalue weighted by atomic mass is 10.1. The summed E-state index contributed by atoms with van der Waals surface area (Å²) in [5.74, 6) is -0.0315. The summed E-state index contributed by atoms with van der Waals surface area (Å²) in [6.45, 7) is 1.93. The predicted octanol–water partition coefficient (Wildman–Crippen LogP) is 2.95. The van der Waals surface area contributed by atoms with Crippen LogP contribution in [-0.2, 0) is 9.53 Å². The third-order valence-electron chi connectivity index (χ3n) is 3.06. The van der Waals surface area contributed by atoms with Gasteiger partial charge in [0.05, 0.1) is 18.8 Å². The van der Waals surface area contributed by atoms with Crippen LogP contribution in [0.15, 0.2) is 60.5 Å². The van der Waals surface area contributed by atoms with E-state index in [4.69, 9.17) is 4.74 Å². The normalized spacial score (nSPS) is 12.6. The highest BCUT2D eigenvalue weighted by Crippen LogP contribution is 2.13. The molecule has 21 heavy (non-hydrogen) atoms. The molecule has 0 spiro atoms. The maximum absolute atomic E-state index is 12.2. The Bertz CT molecular complexity index is 609. The number of methoxy groups -OCH3 is 1. The van der Waals surface area contributed by atoms with Gasteiger partial charge in [0.1, 0.15) is 0 Å². The van der Waals surface area contributed by atoms with Crippen molar-refractivity contribution in [1.29, 1.82) is 0 Å². The molecule has 108 valence electrons. The summed E-state index contributed by atoms with van der Waals surface area (Å²) in [5.41, 5.74) is 1.72. The molecule has 0 saturated carbocycles. The largest absolute Gasteiger partial charge is 0.491 e. The van der Waals surface area contributed by atoms with E-state index in [9.17, 15) is 4.79 Å². The number of nitrogens with one attached hydrogen (secondary N) is 1. The smallest absolute Gasteiger partial charge is 0.286 e. The molecule has 4 nitrogen and oxygen atoms in total. The van der Waals surface area contributed by atoms with Crippen LogP contribution in [0.5, 0.6) is 0 Å². The number of carbonyl (C=O) groups excluding carboxylic acids is 1. The number of carbonyl (C=O) groups is 1. The summed E-state index contributed by atoms with van der Waals surface area (Å²) in [6, 6.07) is 15.2. The standard InChI is InChI=1S/C17H18N2O2/c1-13(14-8-4-3-5-9-14)19-17(20)16(21-2)12-15-10-6-7-11-18-15/h3-13H,1-2H3,(H,19,20)/b16-12+. The number of rotatable bonds is 5. The zero-order valence-electron chi connectivity index (χ0n) is 12.1. The maximum atomic E-state index is 12.2. The Morgan fingerprint density at radius 3 is 2.52 bits per heavy atom. The van der Waals surface area contributed by atoms with Crippen molar-refractivity contribution in [2.75, 3.05) is 7.11 Å². The van der Waals surface area contributed by atoms with Gasteiger partial charge in [0.15, 0.2) is 5.76 Å². The highest BCUT2D eigenvalue weighted by atomic mass is 16.5. The van der Waals surface area contributed by atoms with Crippen LogP contribution in [-0.4, -0.2) is 18.0 Å². The Balaban J connectivity index is 2.09. The molecule has 0 fully saturated rings. The van der Waals surface area contributed by atoms with E-state index in [1.807, 2.05) is 55.5 Å². The molecule has 1 unspecified atom stereocenters. The van der Waals surface area contributed by atoms with Crippen molar-refractivity contribution in [3.63, 3.8) is 0 Å². The minimum absolute atomic E-state index is 0.0963. The molecule has 0 bridgehead atoms. The summed E-state index contributed by atoms with van der Waals surface area (Å²) >= 11 is 0. The number of aromatic nitrogens is 1. The quantitative estimate of drug-likeness (QED) is 0.677. The van der Waals surface area contributed by atoms with Gasteiger partial charge in [-0.1, -0.05) is 36.4 Å². The number of benzene rings is 1. The Morgan fingerprint density at radius 1 is 1.19 bits per heavy atom. The van der Waals surface area contributed by atoms with Crippen LogP contribution in [0.25, 0.3) is 6.08 Å². The van der Waals surface area contributed by atoms with Crippen LogP contribution in [0, 0.1) is 0 Å². The van der Waals surface area contributed by atoms with Gasteiger partial charge >= 0.3 is 0 Å². The zero-order valence-corrected chi connectivity index (χ0v) is 12.1. The number of hydrogen-bond acceptors (Lipinski definition) is 3. The molecule has 1 N–H and O–H groups in total. The summed E-state index contributed by atoms with van der Waals surface area (Å²) in [7, 11) is 1.47. The van der Waals surface area contributed by atoms with E-state index in [-0.39, 0.29) is 17.7 Å². The van der Waals surface area contributed by atoms with Gasteiger partial charge in [0.25, 0.3) is 5.91 Å². The van der Waals surface area contributed by atoms with Crippen LogP contribution in [0.1, 0.15) is 24.2 Å². The van der Waals surface area contributed by atoms with Crippen LogP contribution in [0.4, 0.5) is 0 Å². The van der Waals surface area contributed by atoms with Crippen molar-refractivity contribution in [3.8, 4) is 0 Å². The summed E-state index contributed by atoms with van der Waals surface area (Å²) in [6.07, 6.45) is 3.29. The maximum Gasteiger partial charge on any atom is 0.286 e. The van der Waals surface area contributed by atoms with Gasteiger partial charge in [0, 0.05) is 12.3 Å². The van der Waals surface area contributed by atoms with Crippen molar-refractivity contribution < 1.29 is 9.53 Å². The molecular formula is C17H18N2O2. The van der Waals surface area contributed by atoms with E-state index in [2.05, 4.69) is 10.3 Å². The summed E-state index contributed by atoms with van der Waals surface area (Å²) in [4.78, 5) is 16.4. The van der Waals surface area contributed by atoms with E-state index in [0.29, 0.717) is 5.69 Å². The molecule has 0 aliphatic heterocycles. The van der Waals surface area contributed by atoms with Gasteiger partial charge in [-0.3, -0.25) is 9.78 Å². The number of ether oxygens (including phenoxy) is 1. The van der Waals surface area contributed by atoms with Crippen molar-refractivity contribution in [3.05, 3.63) is 71.7 Å². The highest BCUT2D eigenvalue weighted by Gasteiger charge is 2.14. The van der Waals surface area contributed by atoms with Gasteiger partial charge < -0.3 is 10.1 Å². The Hall–Kier alpha value is -2.62. The fourth-order valence-electron chi connectivity index (χ4n) is 1.91. The summed E-state index contributed by atoms with van der Waals surface area (Å²) in [5, 5.41) is 2.91. The van der Waals surface area contributed by atoms with Crippen LogP contribution in [0.3, 0.4) is 0 Å². The number of nitrogens with zero attached hydrogens (tertiary/aromatic N) is 1. The first-order valence-corrected chi connectivity index (χ1v) is 6.73. The van der Waals surface area contributed by atoms with E-state index in [1.165, 1.54) is 7.11 Å². The van der Waals surface area contributed by atoms with Gasteiger partial charge in [-0.25, -0.2) is 0 Å². The third kappa shape index (κ3) is 4.18. The molecule has 2 aromatic rings. The topological polar surface area (TPSA) is 51.2 Å². The van der Waals surface area contributed by atoms with Crippen molar-refractivity contribution in [1.82, 2.24) is 10.3 Å². The average molecular weight is 282 g/mol. The van der Waals surface area contributed by atoms with Gasteiger partial charge in [-0.2, -0.15) is 0 Å². The molecular weight excluding hydrogens is 264 g/mol. The second-order valence-electron chi connectivity index (χ2n) is 4.57. The molecule has 1 aromatic carbocycles. The Morgan fingerprint density at radius 2 is 1.90 bits per heavy atom. The molecule has 0 aliphatic rings. The second-order valence-corrected chi connectivity index (χ2v) is 4.57. The van der Waals surface area contributed by atoms with E-state index >= 15 is 0 Å². The van der Waals surface area contributed by atoms with Crippen LogP contribution in [0.2, 0.25) is 0 Å². The SMILES string of the molecule is CO/C(=C/c1ccccn1)C(=O)NC(C)c1ccccc1.